The molecule has 0 unspecified atom stereocenters. The highest BCUT2D eigenvalue weighted by Crippen LogP contribution is 2.32. The monoisotopic (exact) mass is 406 g/mol. The summed E-state index contributed by atoms with van der Waals surface area (Å²) >= 11 is 0. The molecule has 0 bridgehead atoms. The summed E-state index contributed by atoms with van der Waals surface area (Å²) in [6, 6.07) is 10.5. The highest BCUT2D eigenvalue weighted by Gasteiger charge is 2.35. The SMILES string of the molecule is O=C(COC(=O)c1ccccc1C(F)(F)F)Nc1cccc(C(=O)NC2CC2)c1. The van der Waals surface area contributed by atoms with Crippen molar-refractivity contribution in [3.63, 3.8) is 0 Å². The number of hydrogen-bond acceptors (Lipinski definition) is 4. The summed E-state index contributed by atoms with van der Waals surface area (Å²) < 4.78 is 43.6. The lowest BCUT2D eigenvalue weighted by atomic mass is 10.1. The van der Waals surface area contributed by atoms with Gasteiger partial charge in [-0.05, 0) is 43.2 Å². The molecule has 1 saturated carbocycles. The molecule has 0 spiro atoms. The Balaban J connectivity index is 1.58. The van der Waals surface area contributed by atoms with E-state index in [-0.39, 0.29) is 11.9 Å². The molecule has 2 N–H and O–H groups in total. The highest BCUT2D eigenvalue weighted by atomic mass is 19.4. The number of amides is 2. The third-order valence-electron chi connectivity index (χ3n) is 4.11. The summed E-state index contributed by atoms with van der Waals surface area (Å²) in [6.45, 7) is -0.774. The molecule has 29 heavy (non-hydrogen) atoms. The van der Waals surface area contributed by atoms with Crippen LogP contribution >= 0.6 is 0 Å². The first-order valence-corrected chi connectivity index (χ1v) is 8.78. The molecule has 0 radical (unpaired) electrons. The van der Waals surface area contributed by atoms with E-state index in [1.54, 1.807) is 12.1 Å². The van der Waals surface area contributed by atoms with Crippen molar-refractivity contribution in [3.8, 4) is 0 Å². The number of alkyl halides is 3. The van der Waals surface area contributed by atoms with Gasteiger partial charge >= 0.3 is 12.1 Å². The van der Waals surface area contributed by atoms with Gasteiger partial charge in [0, 0.05) is 17.3 Å². The van der Waals surface area contributed by atoms with E-state index >= 15 is 0 Å². The molecule has 3 rings (SSSR count). The van der Waals surface area contributed by atoms with E-state index in [2.05, 4.69) is 10.6 Å². The lowest BCUT2D eigenvalue weighted by Crippen LogP contribution is -2.26. The standard InChI is InChI=1S/C20H17F3N2O4/c21-20(22,23)16-7-2-1-6-15(16)19(28)29-11-17(26)24-14-5-3-4-12(10-14)18(27)25-13-8-9-13/h1-7,10,13H,8-9,11H2,(H,24,26)(H,25,27). The van der Waals surface area contributed by atoms with Crippen LogP contribution in [0.5, 0.6) is 0 Å². The van der Waals surface area contributed by atoms with Gasteiger partial charge in [0.15, 0.2) is 6.61 Å². The zero-order chi connectivity index (χ0) is 21.0. The molecular formula is C20H17F3N2O4. The first kappa shape index (κ1) is 20.4. The number of benzene rings is 2. The maximum atomic E-state index is 13.0. The van der Waals surface area contributed by atoms with Gasteiger partial charge in [-0.3, -0.25) is 9.59 Å². The van der Waals surface area contributed by atoms with E-state index in [1.807, 2.05) is 0 Å². The number of rotatable bonds is 6. The van der Waals surface area contributed by atoms with Gasteiger partial charge in [-0.15, -0.1) is 0 Å². The van der Waals surface area contributed by atoms with Crippen LogP contribution in [-0.2, 0) is 15.7 Å². The Labute approximate surface area is 164 Å². The molecule has 0 saturated heterocycles. The van der Waals surface area contributed by atoms with Crippen LogP contribution in [0.15, 0.2) is 48.5 Å². The number of carbonyl (C=O) groups excluding carboxylic acids is 3. The van der Waals surface area contributed by atoms with Gasteiger partial charge in [-0.1, -0.05) is 18.2 Å². The van der Waals surface area contributed by atoms with E-state index in [1.165, 1.54) is 18.2 Å². The maximum absolute atomic E-state index is 13.0. The van der Waals surface area contributed by atoms with Crippen LogP contribution < -0.4 is 10.6 Å². The number of nitrogens with one attached hydrogen (secondary N) is 2. The van der Waals surface area contributed by atoms with Gasteiger partial charge in [-0.2, -0.15) is 13.2 Å². The summed E-state index contributed by atoms with van der Waals surface area (Å²) in [5.74, 6) is -2.27. The summed E-state index contributed by atoms with van der Waals surface area (Å²) in [5, 5.41) is 5.25. The van der Waals surface area contributed by atoms with Gasteiger partial charge in [0.25, 0.3) is 11.8 Å². The maximum Gasteiger partial charge on any atom is 0.417 e. The molecule has 2 aromatic rings. The van der Waals surface area contributed by atoms with Gasteiger partial charge in [0.05, 0.1) is 11.1 Å². The predicted octanol–water partition coefficient (Wildman–Crippen LogP) is 3.39. The Kier molecular flexibility index (Phi) is 5.86. The average Bonchev–Trinajstić information content (AvgIpc) is 3.49. The van der Waals surface area contributed by atoms with Crippen LogP contribution in [0.2, 0.25) is 0 Å². The minimum Gasteiger partial charge on any atom is -0.452 e. The van der Waals surface area contributed by atoms with Crippen molar-refractivity contribution in [1.29, 1.82) is 0 Å². The zero-order valence-electron chi connectivity index (χ0n) is 15.1. The molecule has 0 heterocycles. The topological polar surface area (TPSA) is 84.5 Å². The summed E-state index contributed by atoms with van der Waals surface area (Å²) in [5.41, 5.74) is -1.16. The Morgan fingerprint density at radius 2 is 1.76 bits per heavy atom. The second kappa shape index (κ2) is 8.34. The van der Waals surface area contributed by atoms with Crippen molar-refractivity contribution in [2.75, 3.05) is 11.9 Å². The second-order valence-corrected chi connectivity index (χ2v) is 6.50. The number of ether oxygens (including phenoxy) is 1. The molecule has 0 aliphatic heterocycles. The lowest BCUT2D eigenvalue weighted by molar-refractivity contribution is -0.138. The van der Waals surface area contributed by atoms with Crippen LogP contribution in [-0.4, -0.2) is 30.4 Å². The van der Waals surface area contributed by atoms with Crippen molar-refractivity contribution in [3.05, 3.63) is 65.2 Å². The van der Waals surface area contributed by atoms with E-state index in [0.717, 1.165) is 31.0 Å². The van der Waals surface area contributed by atoms with Gasteiger partial charge < -0.3 is 15.4 Å². The molecule has 152 valence electrons. The molecule has 0 aromatic heterocycles. The van der Waals surface area contributed by atoms with E-state index in [9.17, 15) is 27.6 Å². The van der Waals surface area contributed by atoms with Crippen molar-refractivity contribution in [2.24, 2.45) is 0 Å². The minimum atomic E-state index is -4.72. The zero-order valence-corrected chi connectivity index (χ0v) is 15.1. The Morgan fingerprint density at radius 1 is 1.03 bits per heavy atom. The fourth-order valence-corrected chi connectivity index (χ4v) is 2.55. The van der Waals surface area contributed by atoms with Gasteiger partial charge in [0.1, 0.15) is 0 Å². The predicted molar refractivity (Wildman–Crippen MR) is 97.3 cm³/mol. The third kappa shape index (κ3) is 5.56. The smallest absolute Gasteiger partial charge is 0.417 e. The summed E-state index contributed by atoms with van der Waals surface area (Å²) in [4.78, 5) is 36.0. The molecule has 9 heteroatoms. The van der Waals surface area contributed by atoms with E-state index < -0.39 is 35.8 Å². The number of halogens is 3. The molecule has 0 atom stereocenters. The third-order valence-corrected chi connectivity index (χ3v) is 4.11. The van der Waals surface area contributed by atoms with Crippen LogP contribution in [0.1, 0.15) is 39.1 Å². The Morgan fingerprint density at radius 3 is 2.45 bits per heavy atom. The molecule has 1 fully saturated rings. The minimum absolute atomic E-state index is 0.180. The van der Waals surface area contributed by atoms with Crippen molar-refractivity contribution >= 4 is 23.5 Å². The molecular weight excluding hydrogens is 389 g/mol. The van der Waals surface area contributed by atoms with Gasteiger partial charge in [0.2, 0.25) is 0 Å². The normalized spacial score (nSPS) is 13.5. The molecule has 6 nitrogen and oxygen atoms in total. The number of esters is 1. The summed E-state index contributed by atoms with van der Waals surface area (Å²) in [6.07, 6.45) is -2.85. The van der Waals surface area contributed by atoms with E-state index in [4.69, 9.17) is 4.74 Å². The Hall–Kier alpha value is -3.36. The van der Waals surface area contributed by atoms with Crippen molar-refractivity contribution < 1.29 is 32.3 Å². The van der Waals surface area contributed by atoms with Crippen LogP contribution in [0, 0.1) is 0 Å². The second-order valence-electron chi connectivity index (χ2n) is 6.50. The fraction of sp³-hybridized carbons (Fsp3) is 0.250. The van der Waals surface area contributed by atoms with Crippen LogP contribution in [0.4, 0.5) is 18.9 Å². The molecule has 1 aliphatic rings. The lowest BCUT2D eigenvalue weighted by Gasteiger charge is -2.12. The largest absolute Gasteiger partial charge is 0.452 e. The van der Waals surface area contributed by atoms with E-state index in [0.29, 0.717) is 11.3 Å². The first-order chi connectivity index (χ1) is 13.7. The van der Waals surface area contributed by atoms with Crippen LogP contribution in [0.25, 0.3) is 0 Å². The number of carbonyl (C=O) groups is 3. The van der Waals surface area contributed by atoms with Gasteiger partial charge in [-0.25, -0.2) is 4.79 Å². The molecule has 1 aliphatic carbocycles. The first-order valence-electron chi connectivity index (χ1n) is 8.78. The summed E-state index contributed by atoms with van der Waals surface area (Å²) in [7, 11) is 0. The quantitative estimate of drug-likeness (QED) is 0.721. The van der Waals surface area contributed by atoms with Crippen molar-refractivity contribution in [1.82, 2.24) is 5.32 Å². The highest BCUT2D eigenvalue weighted by molar-refractivity contribution is 5.98. The number of hydrogen-bond donors (Lipinski definition) is 2. The fourth-order valence-electron chi connectivity index (χ4n) is 2.55. The average molecular weight is 406 g/mol. The van der Waals surface area contributed by atoms with Crippen molar-refractivity contribution in [2.45, 2.75) is 25.1 Å². The van der Waals surface area contributed by atoms with Crippen LogP contribution in [0.3, 0.4) is 0 Å². The molecule has 2 aromatic carbocycles. The number of anilines is 1. The Bertz CT molecular complexity index is 939. The molecule has 2 amide bonds.